The van der Waals surface area contributed by atoms with Crippen LogP contribution in [0.3, 0.4) is 0 Å². The summed E-state index contributed by atoms with van der Waals surface area (Å²) < 4.78 is 2.35. The van der Waals surface area contributed by atoms with E-state index in [0.717, 1.165) is 33.4 Å². The zero-order chi connectivity index (χ0) is 39.4. The van der Waals surface area contributed by atoms with Crippen molar-refractivity contribution in [3.8, 4) is 39.1 Å². The van der Waals surface area contributed by atoms with Crippen molar-refractivity contribution in [3.05, 3.63) is 222 Å². The van der Waals surface area contributed by atoms with Crippen LogP contribution >= 0.6 is 0 Å². The van der Waals surface area contributed by atoms with Gasteiger partial charge in [0.1, 0.15) is 0 Å². The zero-order valence-electron chi connectivity index (χ0n) is 32.8. The van der Waals surface area contributed by atoms with Crippen LogP contribution in [0.15, 0.2) is 194 Å². The van der Waals surface area contributed by atoms with Gasteiger partial charge >= 0.3 is 0 Å². The van der Waals surface area contributed by atoms with Crippen LogP contribution in [0, 0.1) is 0 Å². The molecule has 2 unspecified atom stereocenters. The first-order valence-electron chi connectivity index (χ1n) is 20.2. The fraction of sp³-hybridized carbons (Fsp3) is 0.111. The maximum absolute atomic E-state index is 7.01. The molecule has 9 aromatic rings. The molecule has 282 valence electrons. The number of rotatable bonds is 9. The largest absolute Gasteiger partial charge is 0.322 e. The standard InChI is InChI=1S/C54H46N4/c1-54(2)47-22-11-9-20-43(47)44-30-28-40(34-48(44)54)36-26-24-35(25-27-36)39-29-31-50-46(33-39)45-21-10-12-23-49(45)58(50)42-19-13-18-41(32-42)53(56)57-52(38-16-7-4-8-17-38)51(55)37-14-5-3-6-15-37/h3-34,51-53,57H,55-56H2,1-2H3/t51-,52?,53?/m0/s1. The first kappa shape index (κ1) is 35.8. The minimum Gasteiger partial charge on any atom is -0.322 e. The van der Waals surface area contributed by atoms with Gasteiger partial charge in [-0.2, -0.15) is 0 Å². The van der Waals surface area contributed by atoms with Crippen molar-refractivity contribution in [2.75, 3.05) is 0 Å². The van der Waals surface area contributed by atoms with E-state index in [2.05, 4.69) is 181 Å². The lowest BCUT2D eigenvalue weighted by Crippen LogP contribution is -2.38. The molecule has 0 saturated carbocycles. The van der Waals surface area contributed by atoms with Crippen LogP contribution in [0.1, 0.15) is 59.9 Å². The van der Waals surface area contributed by atoms with Gasteiger partial charge in [-0.05, 0) is 97.6 Å². The fourth-order valence-corrected chi connectivity index (χ4v) is 9.25. The molecule has 8 aromatic carbocycles. The first-order chi connectivity index (χ1) is 28.3. The first-order valence-corrected chi connectivity index (χ1v) is 20.2. The second-order valence-corrected chi connectivity index (χ2v) is 16.2. The molecule has 4 heteroatoms. The van der Waals surface area contributed by atoms with Crippen LogP contribution in [0.2, 0.25) is 0 Å². The highest BCUT2D eigenvalue weighted by molar-refractivity contribution is 6.10. The Kier molecular flexibility index (Phi) is 8.91. The van der Waals surface area contributed by atoms with Crippen molar-refractivity contribution in [1.82, 2.24) is 9.88 Å². The molecular formula is C54H46N4. The van der Waals surface area contributed by atoms with Crippen LogP contribution < -0.4 is 16.8 Å². The van der Waals surface area contributed by atoms with Gasteiger partial charge in [0, 0.05) is 27.9 Å². The molecule has 0 fully saturated rings. The molecule has 58 heavy (non-hydrogen) atoms. The highest BCUT2D eigenvalue weighted by Gasteiger charge is 2.35. The van der Waals surface area contributed by atoms with E-state index in [9.17, 15) is 0 Å². The van der Waals surface area contributed by atoms with Gasteiger partial charge in [-0.25, -0.2) is 0 Å². The molecule has 0 spiro atoms. The van der Waals surface area contributed by atoms with Crippen LogP contribution in [-0.4, -0.2) is 4.57 Å². The third-order valence-corrected chi connectivity index (χ3v) is 12.4. The summed E-state index contributed by atoms with van der Waals surface area (Å²) >= 11 is 0. The summed E-state index contributed by atoms with van der Waals surface area (Å²) in [5, 5.41) is 6.12. The molecule has 0 bridgehead atoms. The Balaban J connectivity index is 0.962. The summed E-state index contributed by atoms with van der Waals surface area (Å²) in [5.74, 6) is 0. The number of nitrogens with two attached hydrogens (primary N) is 2. The Labute approximate surface area is 340 Å². The number of hydrogen-bond acceptors (Lipinski definition) is 3. The molecule has 0 aliphatic heterocycles. The van der Waals surface area contributed by atoms with E-state index in [-0.39, 0.29) is 17.5 Å². The molecule has 1 aliphatic rings. The maximum Gasteiger partial charge on any atom is 0.0816 e. The molecule has 1 aliphatic carbocycles. The average molecular weight is 751 g/mol. The van der Waals surface area contributed by atoms with Crippen molar-refractivity contribution in [2.24, 2.45) is 11.5 Å². The summed E-state index contributed by atoms with van der Waals surface area (Å²) in [6.07, 6.45) is -0.456. The van der Waals surface area contributed by atoms with Crippen molar-refractivity contribution in [1.29, 1.82) is 0 Å². The van der Waals surface area contributed by atoms with Gasteiger partial charge in [-0.3, -0.25) is 5.32 Å². The molecule has 0 saturated heterocycles. The lowest BCUT2D eigenvalue weighted by atomic mass is 9.81. The van der Waals surface area contributed by atoms with E-state index in [0.29, 0.717) is 0 Å². The lowest BCUT2D eigenvalue weighted by molar-refractivity contribution is 0.398. The third-order valence-electron chi connectivity index (χ3n) is 12.4. The predicted molar refractivity (Wildman–Crippen MR) is 242 cm³/mol. The normalized spacial score (nSPS) is 14.6. The Morgan fingerprint density at radius 1 is 0.448 bits per heavy atom. The minimum atomic E-state index is -0.456. The summed E-state index contributed by atoms with van der Waals surface area (Å²) in [7, 11) is 0. The van der Waals surface area contributed by atoms with Crippen molar-refractivity contribution in [2.45, 2.75) is 37.5 Å². The van der Waals surface area contributed by atoms with E-state index < -0.39 is 6.17 Å². The van der Waals surface area contributed by atoms with Crippen LogP contribution in [0.4, 0.5) is 0 Å². The SMILES string of the molecule is CC1(C)c2ccccc2-c2ccc(-c3ccc(-c4ccc5c(c4)c4ccccc4n5-c4cccc(C(N)NC(c5ccccc5)[C@@H](N)c5ccccc5)c4)cc3)cc21. The summed E-state index contributed by atoms with van der Waals surface area (Å²) in [5.41, 5.74) is 30.8. The fourth-order valence-electron chi connectivity index (χ4n) is 9.25. The second kappa shape index (κ2) is 14.4. The second-order valence-electron chi connectivity index (χ2n) is 16.2. The molecule has 4 nitrogen and oxygen atoms in total. The predicted octanol–water partition coefficient (Wildman–Crippen LogP) is 12.4. The molecule has 1 aromatic heterocycles. The van der Waals surface area contributed by atoms with Gasteiger partial charge in [0.15, 0.2) is 0 Å². The van der Waals surface area contributed by atoms with Gasteiger partial charge in [0.25, 0.3) is 0 Å². The maximum atomic E-state index is 7.01. The van der Waals surface area contributed by atoms with Gasteiger partial charge in [0.05, 0.1) is 23.2 Å². The number of nitrogens with one attached hydrogen (secondary N) is 1. The Bertz CT molecular complexity index is 2930. The lowest BCUT2D eigenvalue weighted by Gasteiger charge is -2.29. The quantitative estimate of drug-likeness (QED) is 0.129. The molecule has 0 radical (unpaired) electrons. The number of benzene rings is 8. The topological polar surface area (TPSA) is 69.0 Å². The molecule has 1 heterocycles. The van der Waals surface area contributed by atoms with Crippen molar-refractivity contribution in [3.63, 3.8) is 0 Å². The Morgan fingerprint density at radius 3 is 1.78 bits per heavy atom. The van der Waals surface area contributed by atoms with Gasteiger partial charge in [-0.1, -0.05) is 172 Å². The molecular weight excluding hydrogens is 705 g/mol. The van der Waals surface area contributed by atoms with E-state index in [1.165, 1.54) is 55.3 Å². The highest BCUT2D eigenvalue weighted by Crippen LogP contribution is 2.49. The van der Waals surface area contributed by atoms with E-state index >= 15 is 0 Å². The smallest absolute Gasteiger partial charge is 0.0816 e. The minimum absolute atomic E-state index is 0.0250. The molecule has 5 N–H and O–H groups in total. The highest BCUT2D eigenvalue weighted by atomic mass is 15.1. The number of aromatic nitrogens is 1. The zero-order valence-corrected chi connectivity index (χ0v) is 32.8. The number of para-hydroxylation sites is 1. The molecule has 0 amide bonds. The van der Waals surface area contributed by atoms with Gasteiger partial charge < -0.3 is 16.0 Å². The number of hydrogen-bond donors (Lipinski definition) is 3. The average Bonchev–Trinajstić information content (AvgIpc) is 3.73. The van der Waals surface area contributed by atoms with E-state index in [1.807, 2.05) is 36.4 Å². The number of nitrogens with zero attached hydrogens (tertiary/aromatic N) is 1. The van der Waals surface area contributed by atoms with Crippen LogP contribution in [0.25, 0.3) is 60.9 Å². The molecule has 10 rings (SSSR count). The van der Waals surface area contributed by atoms with E-state index in [4.69, 9.17) is 11.5 Å². The van der Waals surface area contributed by atoms with Gasteiger partial charge in [-0.15, -0.1) is 0 Å². The Hall–Kier alpha value is -6.56. The summed E-state index contributed by atoms with van der Waals surface area (Å²) in [6.45, 7) is 4.68. The Morgan fingerprint density at radius 2 is 1.02 bits per heavy atom. The van der Waals surface area contributed by atoms with E-state index in [1.54, 1.807) is 0 Å². The summed E-state index contributed by atoms with van der Waals surface area (Å²) in [6, 6.07) is 69.0. The van der Waals surface area contributed by atoms with Crippen molar-refractivity contribution < 1.29 is 0 Å². The molecule has 3 atom stereocenters. The van der Waals surface area contributed by atoms with Crippen LogP contribution in [-0.2, 0) is 5.41 Å². The van der Waals surface area contributed by atoms with Crippen LogP contribution in [0.5, 0.6) is 0 Å². The monoisotopic (exact) mass is 750 g/mol. The number of fused-ring (bicyclic) bond motifs is 6. The summed E-state index contributed by atoms with van der Waals surface area (Å²) in [4.78, 5) is 0. The third kappa shape index (κ3) is 6.14. The van der Waals surface area contributed by atoms with Crippen molar-refractivity contribution >= 4 is 21.8 Å². The van der Waals surface area contributed by atoms with Gasteiger partial charge in [0.2, 0.25) is 0 Å².